The van der Waals surface area contributed by atoms with E-state index in [4.69, 9.17) is 20.3 Å². The number of nitrogen functional groups attached to an aromatic ring is 1. The predicted molar refractivity (Wildman–Crippen MR) is 304 cm³/mol. The molecule has 0 aliphatic rings. The van der Waals surface area contributed by atoms with Crippen molar-refractivity contribution in [1.82, 2.24) is 19.1 Å². The third-order valence-electron chi connectivity index (χ3n) is 11.8. The number of hydrogen-bond acceptors (Lipinski definition) is 11. The Labute approximate surface area is 470 Å². The number of aromatic carboxylic acids is 1. The lowest BCUT2D eigenvalue weighted by Gasteiger charge is -2.11. The number of carbonyl (C=O) groups is 3. The number of nitrogens with one attached hydrogen (secondary N) is 2. The molecule has 0 spiro atoms. The minimum absolute atomic E-state index is 0.0553. The van der Waals surface area contributed by atoms with Crippen LogP contribution in [0.25, 0.3) is 33.4 Å². The first-order valence-electron chi connectivity index (χ1n) is 24.4. The van der Waals surface area contributed by atoms with E-state index in [9.17, 15) is 40.7 Å². The molecule has 2 amide bonds. The van der Waals surface area contributed by atoms with Gasteiger partial charge in [-0.1, -0.05) is 78.9 Å². The van der Waals surface area contributed by atoms with Gasteiger partial charge in [0.15, 0.2) is 0 Å². The van der Waals surface area contributed by atoms with E-state index in [1.165, 1.54) is 30.3 Å². The van der Waals surface area contributed by atoms with Gasteiger partial charge < -0.3 is 20.3 Å². The van der Waals surface area contributed by atoms with E-state index in [1.807, 2.05) is 133 Å². The number of nitrogens with two attached hydrogens (primary N) is 1. The first-order valence-corrected chi connectivity index (χ1v) is 26.8. The number of ether oxygens (including phenoxy) is 2. The van der Waals surface area contributed by atoms with Crippen LogP contribution in [-0.4, -0.2) is 42.0 Å². The zero-order valence-electron chi connectivity index (χ0n) is 42.3. The molecule has 412 valence electrons. The number of aromatic nitrogens is 4. The first-order chi connectivity index (χ1) is 39.1. The largest absolute Gasteiger partial charge is 0.489 e. The SMILES string of the molecule is Cc1cccc(-n2c(NC(=O)c3ccc(C(F)F)s3)nc3cc(OCc4ccccc4)ccc32)c1.Nc1cccc(-n2c(NC(=O)c3ccc(C(F)F)s3)nc3cc(OCc4ccccc4)ccc32)c1.O=C(O)c1ccc(C(F)F)s1. The maximum Gasteiger partial charge on any atom is 0.345 e. The molecule has 0 saturated heterocycles. The van der Waals surface area contributed by atoms with Crippen LogP contribution in [0, 0.1) is 6.92 Å². The molecule has 0 fully saturated rings. The highest BCUT2D eigenvalue weighted by Gasteiger charge is 2.22. The van der Waals surface area contributed by atoms with E-state index in [1.54, 1.807) is 28.8 Å². The topological polar surface area (TPSA) is 176 Å². The summed E-state index contributed by atoms with van der Waals surface area (Å²) in [5.41, 5.74) is 13.9. The fourth-order valence-electron chi connectivity index (χ4n) is 8.00. The lowest BCUT2D eigenvalue weighted by Crippen LogP contribution is -2.14. The molecule has 0 aliphatic carbocycles. The molecule has 5 heterocycles. The van der Waals surface area contributed by atoms with E-state index in [0.29, 0.717) is 64.4 Å². The molecule has 11 aromatic rings. The number of halogens is 6. The summed E-state index contributed by atoms with van der Waals surface area (Å²) < 4.78 is 91.1. The Morgan fingerprint density at radius 3 is 1.33 bits per heavy atom. The summed E-state index contributed by atoms with van der Waals surface area (Å²) in [6.07, 6.45) is -7.83. The number of aryl methyl sites for hydroxylation is 1. The molecule has 0 saturated carbocycles. The van der Waals surface area contributed by atoms with Crippen LogP contribution >= 0.6 is 34.0 Å². The van der Waals surface area contributed by atoms with Crippen molar-refractivity contribution < 1.29 is 55.3 Å². The second kappa shape index (κ2) is 25.7. The fourth-order valence-corrected chi connectivity index (χ4v) is 10.2. The summed E-state index contributed by atoms with van der Waals surface area (Å²) in [6, 6.07) is 53.2. The summed E-state index contributed by atoms with van der Waals surface area (Å²) >= 11 is 2.11. The molecular weight excluding hydrogens is 1110 g/mol. The van der Waals surface area contributed by atoms with Crippen molar-refractivity contribution in [2.75, 3.05) is 16.4 Å². The standard InChI is InChI=1S/C27H21F2N3O2S.C26H20F2N4O2S.C6H4F2O2S/c1-17-6-5-9-19(14-17)32-22-11-10-20(34-16-18-7-3-2-4-8-18)15-21(22)30-27(32)31-26(33)24-13-12-23(35-24)25(28)29;27-24(28)22-11-12-23(35-22)25(33)31-26-30-20-14-19(34-15-16-5-2-1-3-6-16)9-10-21(20)32(26)18-8-4-7-17(29)13-18;7-5(8)3-1-2-4(11-3)6(9)10/h2-15,25H,16H2,1H3,(H,30,31,33);1-14,24H,15,29H2,(H,30,31,33);1-2,5H,(H,9,10). The molecule has 0 bridgehead atoms. The van der Waals surface area contributed by atoms with E-state index in [2.05, 4.69) is 20.6 Å². The van der Waals surface area contributed by atoms with E-state index in [0.717, 1.165) is 62.2 Å². The summed E-state index contributed by atoms with van der Waals surface area (Å²) in [4.78, 5) is 45.0. The van der Waals surface area contributed by atoms with Crippen molar-refractivity contribution in [3.05, 3.63) is 228 Å². The van der Waals surface area contributed by atoms with Crippen LogP contribution in [0.5, 0.6) is 11.5 Å². The molecule has 0 aliphatic heterocycles. The summed E-state index contributed by atoms with van der Waals surface area (Å²) in [5.74, 6) is -0.383. The first kappa shape index (κ1) is 56.5. The van der Waals surface area contributed by atoms with Gasteiger partial charge >= 0.3 is 5.97 Å². The fraction of sp³-hybridized carbons (Fsp3) is 0.102. The van der Waals surface area contributed by atoms with Crippen LogP contribution in [0.2, 0.25) is 0 Å². The average molecular weight is 1160 g/mol. The number of carboxylic acid groups (broad SMARTS) is 1. The quantitative estimate of drug-likeness (QED) is 0.0542. The number of benzene rings is 6. The Kier molecular flexibility index (Phi) is 17.9. The number of alkyl halides is 6. The Bertz CT molecular complexity index is 3750. The van der Waals surface area contributed by atoms with Crippen molar-refractivity contribution in [2.24, 2.45) is 0 Å². The summed E-state index contributed by atoms with van der Waals surface area (Å²) in [6.45, 7) is 2.80. The molecular formula is C59H45F6N7O6S3. The third kappa shape index (κ3) is 14.1. The van der Waals surface area contributed by atoms with Crippen LogP contribution < -0.4 is 25.8 Å². The number of rotatable bonds is 16. The van der Waals surface area contributed by atoms with Gasteiger partial charge in [-0.25, -0.2) is 41.1 Å². The molecule has 0 atom stereocenters. The normalized spacial score (nSPS) is 11.1. The Hall–Kier alpha value is -9.25. The lowest BCUT2D eigenvalue weighted by atomic mass is 10.2. The third-order valence-corrected chi connectivity index (χ3v) is 15.0. The number of anilines is 3. The molecule has 13 nitrogen and oxygen atoms in total. The van der Waals surface area contributed by atoms with Gasteiger partial charge in [-0.05, 0) is 115 Å². The Morgan fingerprint density at radius 2 is 0.938 bits per heavy atom. The summed E-state index contributed by atoms with van der Waals surface area (Å²) in [5, 5.41) is 13.9. The number of amides is 2. The summed E-state index contributed by atoms with van der Waals surface area (Å²) in [7, 11) is 0. The van der Waals surface area contributed by atoms with Gasteiger partial charge in [-0.3, -0.25) is 29.4 Å². The molecule has 6 aromatic carbocycles. The van der Waals surface area contributed by atoms with Gasteiger partial charge in [0, 0.05) is 23.5 Å². The molecule has 0 radical (unpaired) electrons. The molecule has 11 rings (SSSR count). The second-order valence-electron chi connectivity index (χ2n) is 17.5. The number of imidazole rings is 2. The minimum Gasteiger partial charge on any atom is -0.489 e. The molecule has 22 heteroatoms. The van der Waals surface area contributed by atoms with Crippen LogP contribution in [0.1, 0.15) is 79.6 Å². The van der Waals surface area contributed by atoms with Crippen LogP contribution in [0.15, 0.2) is 182 Å². The van der Waals surface area contributed by atoms with Gasteiger partial charge in [0.2, 0.25) is 11.9 Å². The highest BCUT2D eigenvalue weighted by atomic mass is 32.1. The number of hydrogen-bond donors (Lipinski definition) is 4. The zero-order chi connectivity index (χ0) is 57.2. The smallest absolute Gasteiger partial charge is 0.345 e. The van der Waals surface area contributed by atoms with Crippen molar-refractivity contribution in [3.63, 3.8) is 0 Å². The van der Waals surface area contributed by atoms with Gasteiger partial charge in [0.05, 0.1) is 52.1 Å². The van der Waals surface area contributed by atoms with E-state index in [-0.39, 0.29) is 35.2 Å². The van der Waals surface area contributed by atoms with Gasteiger partial charge in [0.25, 0.3) is 31.1 Å². The number of carbonyl (C=O) groups excluding carboxylic acids is 2. The van der Waals surface area contributed by atoms with Crippen LogP contribution in [0.4, 0.5) is 43.9 Å². The number of carboxylic acids is 1. The number of thiophene rings is 3. The van der Waals surface area contributed by atoms with E-state index < -0.39 is 37.1 Å². The second-order valence-corrected chi connectivity index (χ2v) is 20.9. The van der Waals surface area contributed by atoms with Crippen molar-refractivity contribution in [2.45, 2.75) is 39.4 Å². The maximum absolute atomic E-state index is 13.0. The van der Waals surface area contributed by atoms with Gasteiger partial charge in [-0.15, -0.1) is 34.0 Å². The van der Waals surface area contributed by atoms with E-state index >= 15 is 0 Å². The number of nitrogens with zero attached hydrogens (tertiary/aromatic N) is 4. The van der Waals surface area contributed by atoms with Crippen LogP contribution in [-0.2, 0) is 13.2 Å². The van der Waals surface area contributed by atoms with Crippen molar-refractivity contribution in [3.8, 4) is 22.9 Å². The maximum atomic E-state index is 13.0. The highest BCUT2D eigenvalue weighted by Crippen LogP contribution is 2.34. The molecule has 81 heavy (non-hydrogen) atoms. The molecule has 5 N–H and O–H groups in total. The van der Waals surface area contributed by atoms with Gasteiger partial charge in [0.1, 0.15) is 29.6 Å². The Balaban J connectivity index is 0.000000165. The lowest BCUT2D eigenvalue weighted by molar-refractivity contribution is 0.0701. The van der Waals surface area contributed by atoms with Gasteiger partial charge in [-0.2, -0.15) is 0 Å². The molecule has 5 aromatic heterocycles. The predicted octanol–water partition coefficient (Wildman–Crippen LogP) is 16.0. The monoisotopic (exact) mass is 1160 g/mol. The Morgan fingerprint density at radius 1 is 0.519 bits per heavy atom. The highest BCUT2D eigenvalue weighted by molar-refractivity contribution is 7.14. The van der Waals surface area contributed by atoms with Crippen molar-refractivity contribution >= 4 is 91.4 Å². The van der Waals surface area contributed by atoms with Crippen molar-refractivity contribution in [1.29, 1.82) is 0 Å². The average Bonchev–Trinajstić information content (AvgIpc) is 4.54. The van der Waals surface area contributed by atoms with Crippen LogP contribution in [0.3, 0.4) is 0 Å². The minimum atomic E-state index is -2.63. The molecule has 0 unspecified atom stereocenters. The number of fused-ring (bicyclic) bond motifs is 2. The zero-order valence-corrected chi connectivity index (χ0v) is 44.8.